The SMILES string of the molecule is CNC[C@@H](O)C(c1cccc(F)c1)N1C[C@H](C)c2ccccc21. The summed E-state index contributed by atoms with van der Waals surface area (Å²) in [6.07, 6.45) is -0.625. The van der Waals surface area contributed by atoms with Crippen molar-refractivity contribution in [3.05, 3.63) is 65.5 Å². The lowest BCUT2D eigenvalue weighted by atomic mass is 9.99. The number of nitrogens with one attached hydrogen (secondary N) is 1. The maximum absolute atomic E-state index is 13.7. The summed E-state index contributed by atoms with van der Waals surface area (Å²) in [5.41, 5.74) is 3.21. The number of anilines is 1. The average molecular weight is 314 g/mol. The van der Waals surface area contributed by atoms with E-state index >= 15 is 0 Å². The molecule has 122 valence electrons. The minimum Gasteiger partial charge on any atom is -0.389 e. The van der Waals surface area contributed by atoms with Crippen LogP contribution in [0.5, 0.6) is 0 Å². The Morgan fingerprint density at radius 3 is 2.78 bits per heavy atom. The van der Waals surface area contributed by atoms with Gasteiger partial charge >= 0.3 is 0 Å². The number of hydrogen-bond acceptors (Lipinski definition) is 3. The van der Waals surface area contributed by atoms with Crippen molar-refractivity contribution in [1.82, 2.24) is 5.32 Å². The molecular weight excluding hydrogens is 291 g/mol. The van der Waals surface area contributed by atoms with Gasteiger partial charge in [-0.15, -0.1) is 0 Å². The van der Waals surface area contributed by atoms with Crippen molar-refractivity contribution < 1.29 is 9.50 Å². The summed E-state index contributed by atoms with van der Waals surface area (Å²) in [6.45, 7) is 3.46. The Morgan fingerprint density at radius 2 is 2.04 bits per heavy atom. The molecule has 3 atom stereocenters. The molecule has 0 spiro atoms. The maximum atomic E-state index is 13.7. The molecule has 2 aromatic rings. The molecule has 0 fully saturated rings. The van der Waals surface area contributed by atoms with Crippen molar-refractivity contribution >= 4 is 5.69 Å². The molecule has 1 aliphatic heterocycles. The molecule has 1 unspecified atom stereocenters. The van der Waals surface area contributed by atoms with E-state index in [4.69, 9.17) is 0 Å². The van der Waals surface area contributed by atoms with Gasteiger partial charge in [0, 0.05) is 24.7 Å². The van der Waals surface area contributed by atoms with Gasteiger partial charge in [0.15, 0.2) is 0 Å². The third-order valence-electron chi connectivity index (χ3n) is 4.55. The summed E-state index contributed by atoms with van der Waals surface area (Å²) in [5.74, 6) is 0.119. The summed E-state index contributed by atoms with van der Waals surface area (Å²) < 4.78 is 13.7. The van der Waals surface area contributed by atoms with Crippen LogP contribution in [-0.2, 0) is 0 Å². The van der Waals surface area contributed by atoms with Gasteiger partial charge in [-0.2, -0.15) is 0 Å². The van der Waals surface area contributed by atoms with Gasteiger partial charge in [-0.25, -0.2) is 4.39 Å². The fourth-order valence-corrected chi connectivity index (χ4v) is 3.54. The van der Waals surface area contributed by atoms with E-state index < -0.39 is 6.10 Å². The Hall–Kier alpha value is -1.91. The highest BCUT2D eigenvalue weighted by atomic mass is 19.1. The van der Waals surface area contributed by atoms with Crippen molar-refractivity contribution in [1.29, 1.82) is 0 Å². The fraction of sp³-hybridized carbons (Fsp3) is 0.368. The molecule has 3 rings (SSSR count). The zero-order chi connectivity index (χ0) is 16.4. The van der Waals surface area contributed by atoms with Crippen molar-refractivity contribution in [2.45, 2.75) is 25.0 Å². The predicted molar refractivity (Wildman–Crippen MR) is 91.3 cm³/mol. The first kappa shape index (κ1) is 16.0. The fourth-order valence-electron chi connectivity index (χ4n) is 3.54. The monoisotopic (exact) mass is 314 g/mol. The van der Waals surface area contributed by atoms with Crippen molar-refractivity contribution in [2.75, 3.05) is 25.0 Å². The lowest BCUT2D eigenvalue weighted by Crippen LogP contribution is -2.40. The number of fused-ring (bicyclic) bond motifs is 1. The molecule has 0 saturated heterocycles. The second-order valence-electron chi connectivity index (χ2n) is 6.24. The van der Waals surface area contributed by atoms with E-state index in [1.165, 1.54) is 17.7 Å². The third-order valence-corrected chi connectivity index (χ3v) is 4.55. The van der Waals surface area contributed by atoms with Crippen molar-refractivity contribution in [3.8, 4) is 0 Å². The van der Waals surface area contributed by atoms with Gasteiger partial charge in [0.2, 0.25) is 0 Å². The number of nitrogens with zero attached hydrogens (tertiary/aromatic N) is 1. The molecule has 2 aromatic carbocycles. The minimum absolute atomic E-state index is 0.273. The van der Waals surface area contributed by atoms with Crippen molar-refractivity contribution in [2.24, 2.45) is 0 Å². The van der Waals surface area contributed by atoms with Crippen LogP contribution in [0, 0.1) is 5.82 Å². The number of likely N-dealkylation sites (N-methyl/N-ethyl adjacent to an activating group) is 1. The Labute approximate surface area is 136 Å². The van der Waals surface area contributed by atoms with Crippen LogP contribution in [0.25, 0.3) is 0 Å². The van der Waals surface area contributed by atoms with Crippen molar-refractivity contribution in [3.63, 3.8) is 0 Å². The Bertz CT molecular complexity index is 676. The van der Waals surface area contributed by atoms with Crippen LogP contribution in [0.2, 0.25) is 0 Å². The zero-order valence-corrected chi connectivity index (χ0v) is 13.5. The molecule has 3 nitrogen and oxygen atoms in total. The molecule has 0 radical (unpaired) electrons. The molecule has 0 aromatic heterocycles. The van der Waals surface area contributed by atoms with Gasteiger partial charge < -0.3 is 15.3 Å². The molecule has 0 saturated carbocycles. The van der Waals surface area contributed by atoms with E-state index in [0.29, 0.717) is 12.5 Å². The van der Waals surface area contributed by atoms with E-state index in [-0.39, 0.29) is 11.9 Å². The predicted octanol–water partition coefficient (Wildman–Crippen LogP) is 3.07. The standard InChI is InChI=1S/C19H23FN2O/c1-13-12-22(17-9-4-3-8-16(13)17)19(18(23)11-21-2)14-6-5-7-15(20)10-14/h3-10,13,18-19,21,23H,11-12H2,1-2H3/t13-,18+,19?/m0/s1. The van der Waals surface area contributed by atoms with Crippen LogP contribution in [0.1, 0.15) is 30.0 Å². The van der Waals surface area contributed by atoms with E-state index in [1.54, 1.807) is 6.07 Å². The summed E-state index contributed by atoms with van der Waals surface area (Å²) >= 11 is 0. The zero-order valence-electron chi connectivity index (χ0n) is 13.5. The number of benzene rings is 2. The maximum Gasteiger partial charge on any atom is 0.123 e. The second-order valence-corrected chi connectivity index (χ2v) is 6.24. The summed E-state index contributed by atoms with van der Waals surface area (Å²) in [7, 11) is 1.81. The number of rotatable bonds is 5. The van der Waals surface area contributed by atoms with Crippen LogP contribution in [0.15, 0.2) is 48.5 Å². The van der Waals surface area contributed by atoms with Crippen LogP contribution >= 0.6 is 0 Å². The lowest BCUT2D eigenvalue weighted by Gasteiger charge is -2.34. The Kier molecular flexibility index (Phi) is 4.64. The third kappa shape index (κ3) is 3.09. The minimum atomic E-state index is -0.625. The summed E-state index contributed by atoms with van der Waals surface area (Å²) in [4.78, 5) is 2.21. The molecule has 0 bridgehead atoms. The van der Waals surface area contributed by atoms with Crippen LogP contribution < -0.4 is 10.2 Å². The quantitative estimate of drug-likeness (QED) is 0.890. The molecule has 1 heterocycles. The van der Waals surface area contributed by atoms with Crippen LogP contribution in [0.3, 0.4) is 0 Å². The molecule has 1 aliphatic rings. The number of aliphatic hydroxyl groups is 1. The van der Waals surface area contributed by atoms with Gasteiger partial charge in [0.05, 0.1) is 12.1 Å². The number of para-hydroxylation sites is 1. The molecule has 4 heteroatoms. The van der Waals surface area contributed by atoms with Gasteiger partial charge in [0.25, 0.3) is 0 Å². The van der Waals surface area contributed by atoms with Crippen LogP contribution in [-0.4, -0.2) is 31.3 Å². The molecular formula is C19H23FN2O. The highest BCUT2D eigenvalue weighted by Crippen LogP contribution is 2.41. The first-order chi connectivity index (χ1) is 11.1. The number of aliphatic hydroxyl groups excluding tert-OH is 1. The topological polar surface area (TPSA) is 35.5 Å². The van der Waals surface area contributed by atoms with E-state index in [0.717, 1.165) is 17.8 Å². The first-order valence-electron chi connectivity index (χ1n) is 8.05. The second kappa shape index (κ2) is 6.69. The Balaban J connectivity index is 2.03. The van der Waals surface area contributed by atoms with Gasteiger partial charge in [0.1, 0.15) is 5.82 Å². The number of halogens is 1. The summed E-state index contributed by atoms with van der Waals surface area (Å²) in [5, 5.41) is 13.7. The average Bonchev–Trinajstić information content (AvgIpc) is 2.86. The summed E-state index contributed by atoms with van der Waals surface area (Å²) in [6, 6.07) is 14.5. The Morgan fingerprint density at radius 1 is 1.26 bits per heavy atom. The van der Waals surface area contributed by atoms with E-state index in [2.05, 4.69) is 29.3 Å². The van der Waals surface area contributed by atoms with Gasteiger partial charge in [-0.05, 0) is 36.4 Å². The number of hydrogen-bond donors (Lipinski definition) is 2. The molecule has 0 aliphatic carbocycles. The normalized spacial score (nSPS) is 19.5. The van der Waals surface area contributed by atoms with Crippen LogP contribution in [0.4, 0.5) is 10.1 Å². The first-order valence-corrected chi connectivity index (χ1v) is 8.05. The van der Waals surface area contributed by atoms with E-state index in [9.17, 15) is 9.50 Å². The van der Waals surface area contributed by atoms with E-state index in [1.807, 2.05) is 25.2 Å². The molecule has 0 amide bonds. The highest BCUT2D eigenvalue weighted by Gasteiger charge is 2.34. The lowest BCUT2D eigenvalue weighted by molar-refractivity contribution is 0.140. The largest absolute Gasteiger partial charge is 0.389 e. The molecule has 23 heavy (non-hydrogen) atoms. The highest BCUT2D eigenvalue weighted by molar-refractivity contribution is 5.61. The van der Waals surface area contributed by atoms with Gasteiger partial charge in [-0.3, -0.25) is 0 Å². The smallest absolute Gasteiger partial charge is 0.123 e. The van der Waals surface area contributed by atoms with Gasteiger partial charge in [-0.1, -0.05) is 37.3 Å². The molecule has 2 N–H and O–H groups in total.